The minimum absolute atomic E-state index is 0.0388. The molecule has 0 saturated carbocycles. The van der Waals surface area contributed by atoms with Crippen LogP contribution in [-0.4, -0.2) is 32.5 Å². The minimum Gasteiger partial charge on any atom is -0.768 e. The third kappa shape index (κ3) is 4.58. The fraction of sp³-hybridized carbons (Fsp3) is 0.875. The van der Waals surface area contributed by atoms with Crippen molar-refractivity contribution in [3.63, 3.8) is 0 Å². The van der Waals surface area contributed by atoms with Crippen LogP contribution in [0.15, 0.2) is 0 Å². The lowest BCUT2D eigenvalue weighted by Gasteiger charge is -2.27. The maximum atomic E-state index is 12.8. The normalized spacial score (nSPS) is 14.5. The van der Waals surface area contributed by atoms with E-state index in [1.54, 1.807) is 0 Å². The van der Waals surface area contributed by atoms with Gasteiger partial charge in [0.05, 0.1) is 6.61 Å². The van der Waals surface area contributed by atoms with Gasteiger partial charge < -0.3 is 9.29 Å². The average molecular weight is 279 g/mol. The van der Waals surface area contributed by atoms with Crippen molar-refractivity contribution < 1.29 is 35.9 Å². The fourth-order valence-electron chi connectivity index (χ4n) is 0.850. The molecule has 0 heterocycles. The summed E-state index contributed by atoms with van der Waals surface area (Å²) in [6.45, 7) is 1.02. The molecule has 0 aliphatic carbocycles. The summed E-state index contributed by atoms with van der Waals surface area (Å²) in [5, 5.41) is -5.12. The third-order valence-electron chi connectivity index (χ3n) is 1.82. The predicted molar refractivity (Wildman–Crippen MR) is 49.3 cm³/mol. The van der Waals surface area contributed by atoms with Gasteiger partial charge in [-0.05, 0) is 6.42 Å². The molecule has 0 radical (unpaired) electrons. The number of carbonyl (C=O) groups excluding carboxylic acids is 1. The summed E-state index contributed by atoms with van der Waals surface area (Å²) >= 11 is -4.20. The lowest BCUT2D eigenvalue weighted by Crippen LogP contribution is -2.44. The molecule has 0 fully saturated rings. The van der Waals surface area contributed by atoms with Crippen molar-refractivity contribution in [2.45, 2.75) is 37.4 Å². The van der Waals surface area contributed by atoms with Gasteiger partial charge >= 0.3 is 17.1 Å². The van der Waals surface area contributed by atoms with Gasteiger partial charge in [-0.15, -0.1) is 0 Å². The van der Waals surface area contributed by atoms with Gasteiger partial charge in [-0.3, -0.25) is 9.00 Å². The second-order valence-corrected chi connectivity index (χ2v) is 4.12. The van der Waals surface area contributed by atoms with Crippen molar-refractivity contribution in [1.82, 2.24) is 0 Å². The standard InChI is InChI=1S/C8H12F4O4S/c1-2-6(13)16-5-3-4-7(9,10)8(11,12)17(14)15/h2-5H2,1H3,(H,14,15)/p-1. The van der Waals surface area contributed by atoms with E-state index in [-0.39, 0.29) is 6.42 Å². The molecule has 0 amide bonds. The van der Waals surface area contributed by atoms with E-state index in [2.05, 4.69) is 4.74 Å². The smallest absolute Gasteiger partial charge is 0.371 e. The van der Waals surface area contributed by atoms with Crippen molar-refractivity contribution >= 4 is 17.0 Å². The van der Waals surface area contributed by atoms with Gasteiger partial charge in [0, 0.05) is 23.9 Å². The Kier molecular flexibility index (Phi) is 6.03. The molecule has 0 aromatic heterocycles. The van der Waals surface area contributed by atoms with E-state index in [4.69, 9.17) is 0 Å². The summed E-state index contributed by atoms with van der Waals surface area (Å²) in [7, 11) is 0. The summed E-state index contributed by atoms with van der Waals surface area (Å²) in [4.78, 5) is 10.6. The Morgan fingerprint density at radius 3 is 2.29 bits per heavy atom. The number of hydrogen-bond donors (Lipinski definition) is 0. The largest absolute Gasteiger partial charge is 0.768 e. The van der Waals surface area contributed by atoms with Crippen molar-refractivity contribution in [2.75, 3.05) is 6.61 Å². The van der Waals surface area contributed by atoms with Crippen molar-refractivity contribution in [3.05, 3.63) is 0 Å². The molecule has 0 saturated heterocycles. The number of alkyl halides is 4. The predicted octanol–water partition coefficient (Wildman–Crippen LogP) is 1.83. The second-order valence-electron chi connectivity index (χ2n) is 3.13. The van der Waals surface area contributed by atoms with E-state index >= 15 is 0 Å². The van der Waals surface area contributed by atoms with Crippen LogP contribution in [0, 0.1) is 0 Å². The van der Waals surface area contributed by atoms with Crippen LogP contribution in [-0.2, 0) is 20.6 Å². The molecule has 0 N–H and O–H groups in total. The fourth-order valence-corrected chi connectivity index (χ4v) is 1.20. The van der Waals surface area contributed by atoms with E-state index in [1.165, 1.54) is 6.92 Å². The highest BCUT2D eigenvalue weighted by Gasteiger charge is 2.56. The molecule has 0 bridgehead atoms. The summed E-state index contributed by atoms with van der Waals surface area (Å²) < 4.78 is 74.8. The Labute approximate surface area is 97.6 Å². The molecule has 0 rings (SSSR count). The van der Waals surface area contributed by atoms with Crippen LogP contribution in [0.4, 0.5) is 17.6 Å². The van der Waals surface area contributed by atoms with Gasteiger partial charge in [0.1, 0.15) is 0 Å². The molecule has 0 aliphatic heterocycles. The highest BCUT2D eigenvalue weighted by Crippen LogP contribution is 2.39. The first-order valence-corrected chi connectivity index (χ1v) is 5.73. The summed E-state index contributed by atoms with van der Waals surface area (Å²) in [5.74, 6) is -5.33. The Balaban J connectivity index is 4.19. The third-order valence-corrected chi connectivity index (χ3v) is 2.54. The van der Waals surface area contributed by atoms with Crippen LogP contribution >= 0.6 is 0 Å². The van der Waals surface area contributed by atoms with Crippen molar-refractivity contribution in [3.8, 4) is 0 Å². The lowest BCUT2D eigenvalue weighted by atomic mass is 10.2. The van der Waals surface area contributed by atoms with Crippen LogP contribution in [0.25, 0.3) is 0 Å². The molecule has 9 heteroatoms. The van der Waals surface area contributed by atoms with Gasteiger partial charge in [-0.25, -0.2) is 0 Å². The number of rotatable bonds is 7. The van der Waals surface area contributed by atoms with Crippen LogP contribution in [0.3, 0.4) is 0 Å². The zero-order valence-corrected chi connectivity index (χ0v) is 9.70. The quantitative estimate of drug-likeness (QED) is 0.308. The van der Waals surface area contributed by atoms with Crippen LogP contribution in [0.5, 0.6) is 0 Å². The molecular formula is C8H11F4O4S-. The van der Waals surface area contributed by atoms with Crippen molar-refractivity contribution in [1.29, 1.82) is 0 Å². The topological polar surface area (TPSA) is 66.4 Å². The maximum absolute atomic E-state index is 12.8. The molecule has 1 unspecified atom stereocenters. The maximum Gasteiger partial charge on any atom is 0.371 e. The SMILES string of the molecule is CCC(=O)OCCCC(F)(F)C(F)(F)S(=O)[O-]. The highest BCUT2D eigenvalue weighted by molar-refractivity contribution is 7.80. The van der Waals surface area contributed by atoms with E-state index in [1.807, 2.05) is 0 Å². The molecule has 1 atom stereocenters. The summed E-state index contributed by atoms with van der Waals surface area (Å²) in [5.41, 5.74) is 0. The minimum atomic E-state index is -5.12. The van der Waals surface area contributed by atoms with Gasteiger partial charge in [-0.1, -0.05) is 6.92 Å². The molecule has 4 nitrogen and oxygen atoms in total. The summed E-state index contributed by atoms with van der Waals surface area (Å²) in [6, 6.07) is 0. The Hall–Kier alpha value is -0.700. The monoisotopic (exact) mass is 279 g/mol. The number of halogens is 4. The molecule has 102 valence electrons. The molecule has 0 spiro atoms. The molecule has 0 aromatic rings. The zero-order valence-electron chi connectivity index (χ0n) is 8.88. The Bertz CT molecular complexity index is 295. The van der Waals surface area contributed by atoms with E-state index in [0.717, 1.165) is 0 Å². The Morgan fingerprint density at radius 1 is 1.35 bits per heavy atom. The van der Waals surface area contributed by atoms with Gasteiger partial charge in [-0.2, -0.15) is 17.6 Å². The number of ether oxygens (including phenoxy) is 1. The number of hydrogen-bond acceptors (Lipinski definition) is 4. The Morgan fingerprint density at radius 2 is 1.88 bits per heavy atom. The molecule has 0 aliphatic rings. The molecular weight excluding hydrogens is 268 g/mol. The second kappa shape index (κ2) is 6.29. The van der Waals surface area contributed by atoms with Gasteiger partial charge in [0.2, 0.25) is 0 Å². The van der Waals surface area contributed by atoms with E-state index in [0.29, 0.717) is 0 Å². The summed E-state index contributed by atoms with van der Waals surface area (Å²) in [6.07, 6.45) is -1.90. The van der Waals surface area contributed by atoms with Gasteiger partial charge in [0.15, 0.2) is 0 Å². The molecule has 0 aromatic carbocycles. The lowest BCUT2D eigenvalue weighted by molar-refractivity contribution is -0.165. The first-order valence-electron chi connectivity index (χ1n) is 4.65. The van der Waals surface area contributed by atoms with Crippen molar-refractivity contribution in [2.24, 2.45) is 0 Å². The highest BCUT2D eigenvalue weighted by atomic mass is 32.2. The van der Waals surface area contributed by atoms with Crippen LogP contribution < -0.4 is 0 Å². The zero-order chi connectivity index (χ0) is 13.7. The first-order chi connectivity index (χ1) is 7.65. The van der Waals surface area contributed by atoms with Crippen LogP contribution in [0.2, 0.25) is 0 Å². The van der Waals surface area contributed by atoms with E-state index < -0.39 is 47.7 Å². The molecule has 17 heavy (non-hydrogen) atoms. The average Bonchev–Trinajstić information content (AvgIpc) is 2.23. The van der Waals surface area contributed by atoms with Crippen LogP contribution in [0.1, 0.15) is 26.2 Å². The number of esters is 1. The van der Waals surface area contributed by atoms with Gasteiger partial charge in [0.25, 0.3) is 0 Å². The number of carbonyl (C=O) groups is 1. The van der Waals surface area contributed by atoms with E-state index in [9.17, 15) is 31.1 Å². The first kappa shape index (κ1) is 16.3.